The van der Waals surface area contributed by atoms with Gasteiger partial charge >= 0.3 is 0 Å². The number of rotatable bonds is 2. The van der Waals surface area contributed by atoms with Crippen LogP contribution < -0.4 is 0 Å². The third-order valence-corrected chi connectivity index (χ3v) is 7.78. The zero-order chi connectivity index (χ0) is 23.0. The van der Waals surface area contributed by atoms with Gasteiger partial charge in [0.2, 0.25) is 5.91 Å². The molecule has 1 atom stereocenters. The minimum absolute atomic E-state index is 0.178. The summed E-state index contributed by atoms with van der Waals surface area (Å²) in [7, 11) is 0. The Morgan fingerprint density at radius 3 is 2.06 bits per heavy atom. The van der Waals surface area contributed by atoms with Crippen LogP contribution in [0, 0.1) is 0 Å². The molecule has 0 saturated carbocycles. The molecule has 0 bridgehead atoms. The lowest BCUT2D eigenvalue weighted by molar-refractivity contribution is -0.232. The molecule has 2 saturated heterocycles. The van der Waals surface area contributed by atoms with Gasteiger partial charge in [0.05, 0.1) is 11.5 Å². The molecule has 1 aliphatic carbocycles. The first-order valence-electron chi connectivity index (χ1n) is 12.1. The average molecular weight is 463 g/mol. The quantitative estimate of drug-likeness (QED) is 0.605. The largest absolute Gasteiger partial charge is 0.341 e. The maximum absolute atomic E-state index is 13.4. The molecule has 3 aliphatic rings. The van der Waals surface area contributed by atoms with Crippen LogP contribution in [0.2, 0.25) is 0 Å². The van der Waals surface area contributed by atoms with E-state index in [0.717, 1.165) is 50.4 Å². The molecule has 0 N–H and O–H groups in total. The van der Waals surface area contributed by atoms with Crippen molar-refractivity contribution in [2.45, 2.75) is 58.1 Å². The Balaban J connectivity index is 1.39. The van der Waals surface area contributed by atoms with Gasteiger partial charge in [-0.2, -0.15) is 5.06 Å². The van der Waals surface area contributed by atoms with E-state index < -0.39 is 0 Å². The summed E-state index contributed by atoms with van der Waals surface area (Å²) in [6.45, 7) is 7.69. The Bertz CT molecular complexity index is 1010. The topological polar surface area (TPSA) is 32.8 Å². The normalized spacial score (nSPS) is 21.5. The number of thioether (sulfide) groups is 1. The van der Waals surface area contributed by atoms with Gasteiger partial charge in [-0.25, -0.2) is 0 Å². The highest BCUT2D eigenvalue weighted by molar-refractivity contribution is 7.99. The molecule has 2 fully saturated rings. The number of aryl methyl sites for hydroxylation is 2. The molecule has 0 aromatic heterocycles. The zero-order valence-electron chi connectivity index (χ0n) is 20.0. The number of fused-ring (bicyclic) bond motifs is 2. The number of hydroxylamine groups is 2. The van der Waals surface area contributed by atoms with E-state index >= 15 is 0 Å². The summed E-state index contributed by atoms with van der Waals surface area (Å²) in [5, 5.41) is 1.90. The number of amides is 1. The van der Waals surface area contributed by atoms with Gasteiger partial charge < -0.3 is 4.90 Å². The second-order valence-electron chi connectivity index (χ2n) is 10.3. The first-order chi connectivity index (χ1) is 15.9. The van der Waals surface area contributed by atoms with Crippen molar-refractivity contribution < 1.29 is 9.63 Å². The maximum atomic E-state index is 13.4. The summed E-state index contributed by atoms with van der Waals surface area (Å²) in [5.41, 5.74) is 8.26. The molecule has 2 heterocycles. The number of carbonyl (C=O) groups excluding carboxylic acids is 1. The molecule has 2 aliphatic heterocycles. The van der Waals surface area contributed by atoms with Crippen molar-refractivity contribution in [3.05, 3.63) is 76.4 Å². The van der Waals surface area contributed by atoms with E-state index in [-0.39, 0.29) is 17.6 Å². The Kier molecular flexibility index (Phi) is 6.39. The van der Waals surface area contributed by atoms with Gasteiger partial charge in [0, 0.05) is 18.8 Å². The predicted octanol–water partition coefficient (Wildman–Crippen LogP) is 5.31. The molecule has 174 valence electrons. The molecule has 2 aromatic rings. The Labute approximate surface area is 201 Å². The first-order valence-corrected chi connectivity index (χ1v) is 13.3. The molecule has 5 heteroatoms. The SMILES string of the molecule is CC(C)(C)ON1CSC[C@H]1C(=O)N1CCC(=C2c3ccccc3CCc3ccccc32)CC1. The number of likely N-dealkylation sites (tertiary alicyclic amines) is 1. The first kappa shape index (κ1) is 22.7. The Morgan fingerprint density at radius 2 is 1.48 bits per heavy atom. The Morgan fingerprint density at radius 1 is 0.909 bits per heavy atom. The maximum Gasteiger partial charge on any atom is 0.243 e. The third-order valence-electron chi connectivity index (χ3n) is 6.79. The lowest BCUT2D eigenvalue weighted by Crippen LogP contribution is -2.50. The van der Waals surface area contributed by atoms with E-state index in [1.54, 1.807) is 11.8 Å². The van der Waals surface area contributed by atoms with E-state index in [1.165, 1.54) is 33.4 Å². The van der Waals surface area contributed by atoms with Crippen molar-refractivity contribution in [3.8, 4) is 0 Å². The molecule has 5 rings (SSSR count). The van der Waals surface area contributed by atoms with Gasteiger partial charge in [0.25, 0.3) is 0 Å². The summed E-state index contributed by atoms with van der Waals surface area (Å²) in [6, 6.07) is 17.6. The van der Waals surface area contributed by atoms with Gasteiger partial charge in [0.15, 0.2) is 0 Å². The molecule has 2 aromatic carbocycles. The summed E-state index contributed by atoms with van der Waals surface area (Å²) in [4.78, 5) is 21.6. The van der Waals surface area contributed by atoms with Crippen molar-refractivity contribution in [1.29, 1.82) is 0 Å². The Hall–Kier alpha value is -2.08. The van der Waals surface area contributed by atoms with Crippen LogP contribution in [0.15, 0.2) is 54.1 Å². The van der Waals surface area contributed by atoms with Crippen LogP contribution >= 0.6 is 11.8 Å². The van der Waals surface area contributed by atoms with Gasteiger partial charge in [-0.15, -0.1) is 11.8 Å². The van der Waals surface area contributed by atoms with E-state index in [4.69, 9.17) is 4.84 Å². The van der Waals surface area contributed by atoms with Crippen LogP contribution in [0.1, 0.15) is 55.9 Å². The standard InChI is InChI=1S/C28H34N2O2S/c1-28(2,3)32-30-19-33-18-25(30)27(31)29-16-14-22(15-17-29)26-23-10-6-4-8-20(23)12-13-21-9-5-7-11-24(21)26/h4-11,25H,12-19H2,1-3H3/t25-/m0/s1. The fraction of sp³-hybridized carbons (Fsp3) is 0.464. The van der Waals surface area contributed by atoms with Gasteiger partial charge in [-0.1, -0.05) is 54.1 Å². The molecule has 4 nitrogen and oxygen atoms in total. The number of hydrogen-bond acceptors (Lipinski definition) is 4. The van der Waals surface area contributed by atoms with Crippen molar-refractivity contribution >= 4 is 23.2 Å². The minimum Gasteiger partial charge on any atom is -0.341 e. The van der Waals surface area contributed by atoms with Crippen molar-refractivity contribution in [3.63, 3.8) is 0 Å². The highest BCUT2D eigenvalue weighted by Crippen LogP contribution is 2.39. The fourth-order valence-corrected chi connectivity index (χ4v) is 6.33. The molecule has 33 heavy (non-hydrogen) atoms. The summed E-state index contributed by atoms with van der Waals surface area (Å²) < 4.78 is 0. The molecule has 0 radical (unpaired) electrons. The highest BCUT2D eigenvalue weighted by atomic mass is 32.2. The van der Waals surface area contributed by atoms with Crippen LogP contribution in [0.25, 0.3) is 5.57 Å². The third kappa shape index (κ3) is 4.77. The zero-order valence-corrected chi connectivity index (χ0v) is 20.8. The van der Waals surface area contributed by atoms with Crippen LogP contribution in [0.3, 0.4) is 0 Å². The van der Waals surface area contributed by atoms with Crippen molar-refractivity contribution in [2.75, 3.05) is 24.7 Å². The lowest BCUT2D eigenvalue weighted by Gasteiger charge is -2.35. The van der Waals surface area contributed by atoms with E-state index in [1.807, 2.05) is 25.8 Å². The number of carbonyl (C=O) groups is 1. The summed E-state index contributed by atoms with van der Waals surface area (Å²) in [6.07, 6.45) is 4.03. The van der Waals surface area contributed by atoms with E-state index in [0.29, 0.717) is 0 Å². The lowest BCUT2D eigenvalue weighted by atomic mass is 9.86. The van der Waals surface area contributed by atoms with E-state index in [2.05, 4.69) is 53.4 Å². The number of hydrogen-bond donors (Lipinski definition) is 0. The second-order valence-corrected chi connectivity index (χ2v) is 11.3. The summed E-state index contributed by atoms with van der Waals surface area (Å²) in [5.74, 6) is 1.78. The van der Waals surface area contributed by atoms with Gasteiger partial charge in [-0.3, -0.25) is 9.63 Å². The van der Waals surface area contributed by atoms with Gasteiger partial charge in [0.1, 0.15) is 6.04 Å². The molecule has 1 amide bonds. The van der Waals surface area contributed by atoms with Gasteiger partial charge in [-0.05, 0) is 74.3 Å². The predicted molar refractivity (Wildman–Crippen MR) is 136 cm³/mol. The monoisotopic (exact) mass is 462 g/mol. The second kappa shape index (κ2) is 9.28. The average Bonchev–Trinajstić information content (AvgIpc) is 3.18. The smallest absolute Gasteiger partial charge is 0.243 e. The minimum atomic E-state index is -0.289. The van der Waals surface area contributed by atoms with Crippen LogP contribution in [0.4, 0.5) is 0 Å². The van der Waals surface area contributed by atoms with Crippen molar-refractivity contribution in [2.24, 2.45) is 0 Å². The molecular weight excluding hydrogens is 428 g/mol. The molecule has 0 unspecified atom stereocenters. The number of piperidine rings is 1. The van der Waals surface area contributed by atoms with Crippen molar-refractivity contribution in [1.82, 2.24) is 9.96 Å². The van der Waals surface area contributed by atoms with Crippen LogP contribution in [0.5, 0.6) is 0 Å². The summed E-state index contributed by atoms with van der Waals surface area (Å²) >= 11 is 1.78. The van der Waals surface area contributed by atoms with Crippen LogP contribution in [-0.4, -0.2) is 52.2 Å². The number of benzene rings is 2. The van der Waals surface area contributed by atoms with Crippen LogP contribution in [-0.2, 0) is 22.5 Å². The fourth-order valence-electron chi connectivity index (χ4n) is 5.28. The number of nitrogens with zero attached hydrogens (tertiary/aromatic N) is 2. The molecular formula is C28H34N2O2S. The highest BCUT2D eigenvalue weighted by Gasteiger charge is 2.38. The van der Waals surface area contributed by atoms with E-state index in [9.17, 15) is 4.79 Å². The molecule has 0 spiro atoms.